The van der Waals surface area contributed by atoms with Gasteiger partial charge in [-0.2, -0.15) is 0 Å². The molecule has 2 N–H and O–H groups in total. The third kappa shape index (κ3) is 4.91. The van der Waals surface area contributed by atoms with Crippen LogP contribution in [0.15, 0.2) is 60.9 Å². The molecule has 3 aromatic rings. The Kier molecular flexibility index (Phi) is 5.81. The Bertz CT molecular complexity index is 918. The molecule has 0 fully saturated rings. The highest BCUT2D eigenvalue weighted by molar-refractivity contribution is 6.05. The number of carbonyl (C=O) groups is 1. The van der Waals surface area contributed by atoms with E-state index in [-0.39, 0.29) is 11.7 Å². The summed E-state index contributed by atoms with van der Waals surface area (Å²) in [6.07, 6.45) is 3.98. The molecule has 0 radical (unpaired) electrons. The van der Waals surface area contributed by atoms with Crippen LogP contribution in [-0.2, 0) is 6.42 Å². The molecule has 0 aliphatic rings. The Labute approximate surface area is 158 Å². The molecule has 1 heterocycles. The number of amides is 1. The first-order valence-electron chi connectivity index (χ1n) is 8.84. The number of halogens is 1. The molecule has 0 aliphatic carbocycles. The molecule has 0 saturated carbocycles. The molecule has 0 aliphatic heterocycles. The number of hydrogen-bond donors (Lipinski definition) is 2. The third-order valence-corrected chi connectivity index (χ3v) is 4.38. The molecule has 4 nitrogen and oxygen atoms in total. The fourth-order valence-electron chi connectivity index (χ4n) is 2.86. The highest BCUT2D eigenvalue weighted by atomic mass is 19.1. The van der Waals surface area contributed by atoms with Gasteiger partial charge in [0.1, 0.15) is 5.82 Å². The van der Waals surface area contributed by atoms with Gasteiger partial charge < -0.3 is 10.6 Å². The molecule has 0 spiro atoms. The van der Waals surface area contributed by atoms with Crippen LogP contribution in [-0.4, -0.2) is 17.4 Å². The maximum absolute atomic E-state index is 12.9. The van der Waals surface area contributed by atoms with Gasteiger partial charge in [-0.3, -0.25) is 9.78 Å². The minimum absolute atomic E-state index is 0.193. The van der Waals surface area contributed by atoms with Crippen molar-refractivity contribution in [1.82, 2.24) is 4.98 Å². The summed E-state index contributed by atoms with van der Waals surface area (Å²) in [5.41, 5.74) is 5.17. The number of para-hydroxylation sites is 1. The predicted octanol–water partition coefficient (Wildman–Crippen LogP) is 4.74. The van der Waals surface area contributed by atoms with Crippen LogP contribution in [0.4, 0.5) is 15.8 Å². The number of hydrogen-bond acceptors (Lipinski definition) is 3. The van der Waals surface area contributed by atoms with E-state index in [1.54, 1.807) is 30.6 Å². The van der Waals surface area contributed by atoms with Gasteiger partial charge in [0.2, 0.25) is 0 Å². The monoisotopic (exact) mass is 363 g/mol. The van der Waals surface area contributed by atoms with Crippen molar-refractivity contribution in [2.75, 3.05) is 17.2 Å². The van der Waals surface area contributed by atoms with Gasteiger partial charge in [-0.25, -0.2) is 4.39 Å². The number of anilines is 2. The quantitative estimate of drug-likeness (QED) is 0.665. The highest BCUT2D eigenvalue weighted by Gasteiger charge is 2.10. The average molecular weight is 363 g/mol. The zero-order chi connectivity index (χ0) is 19.2. The van der Waals surface area contributed by atoms with Gasteiger partial charge in [0.05, 0.1) is 11.3 Å². The zero-order valence-corrected chi connectivity index (χ0v) is 15.4. The summed E-state index contributed by atoms with van der Waals surface area (Å²) in [6.45, 7) is 4.60. The Morgan fingerprint density at radius 3 is 2.44 bits per heavy atom. The van der Waals surface area contributed by atoms with E-state index >= 15 is 0 Å². The van der Waals surface area contributed by atoms with Crippen LogP contribution in [0.3, 0.4) is 0 Å². The Morgan fingerprint density at radius 2 is 1.74 bits per heavy atom. The molecule has 0 saturated heterocycles. The summed E-state index contributed by atoms with van der Waals surface area (Å²) in [5, 5.41) is 6.22. The van der Waals surface area contributed by atoms with Crippen LogP contribution in [0, 0.1) is 19.7 Å². The summed E-state index contributed by atoms with van der Waals surface area (Å²) in [7, 11) is 0. The van der Waals surface area contributed by atoms with Crippen molar-refractivity contribution in [3.63, 3.8) is 0 Å². The fraction of sp³-hybridized carbons (Fsp3) is 0.182. The smallest absolute Gasteiger partial charge is 0.257 e. The number of benzene rings is 2. The minimum Gasteiger partial charge on any atom is -0.383 e. The molecule has 5 heteroatoms. The second-order valence-corrected chi connectivity index (χ2v) is 6.49. The first kappa shape index (κ1) is 18.6. The number of aryl methyl sites for hydroxylation is 2. The van der Waals surface area contributed by atoms with Crippen LogP contribution in [0.5, 0.6) is 0 Å². The van der Waals surface area contributed by atoms with Crippen LogP contribution in [0.1, 0.15) is 27.0 Å². The van der Waals surface area contributed by atoms with E-state index in [2.05, 4.69) is 15.6 Å². The average Bonchev–Trinajstić information content (AvgIpc) is 2.66. The lowest BCUT2D eigenvalue weighted by atomic mass is 10.1. The molecule has 138 valence electrons. The molecule has 0 bridgehead atoms. The molecule has 0 atom stereocenters. The number of rotatable bonds is 6. The van der Waals surface area contributed by atoms with Gasteiger partial charge in [0.15, 0.2) is 0 Å². The van der Waals surface area contributed by atoms with Gasteiger partial charge in [0, 0.05) is 24.6 Å². The van der Waals surface area contributed by atoms with Crippen molar-refractivity contribution in [3.8, 4) is 0 Å². The Balaban J connectivity index is 1.62. The number of pyridine rings is 1. The van der Waals surface area contributed by atoms with Crippen molar-refractivity contribution in [1.29, 1.82) is 0 Å². The molecule has 3 rings (SSSR count). The van der Waals surface area contributed by atoms with Gasteiger partial charge in [0.25, 0.3) is 5.91 Å². The number of nitrogens with zero attached hydrogens (tertiary/aromatic N) is 1. The summed E-state index contributed by atoms with van der Waals surface area (Å²) in [6, 6.07) is 14.1. The van der Waals surface area contributed by atoms with Gasteiger partial charge in [-0.05, 0) is 55.2 Å². The van der Waals surface area contributed by atoms with E-state index in [1.165, 1.54) is 12.1 Å². The summed E-state index contributed by atoms with van der Waals surface area (Å²) in [4.78, 5) is 16.7. The van der Waals surface area contributed by atoms with E-state index in [9.17, 15) is 9.18 Å². The fourth-order valence-corrected chi connectivity index (χ4v) is 2.86. The first-order chi connectivity index (χ1) is 13.0. The summed E-state index contributed by atoms with van der Waals surface area (Å²) >= 11 is 0. The standard InChI is InChI=1S/C22H22FN3O/c1-15-4-3-5-16(2)21(15)26-22(27)18-12-20(14-24-13-18)25-11-10-17-6-8-19(23)9-7-17/h3-9,12-14,25H,10-11H2,1-2H3,(H,26,27). The van der Waals surface area contributed by atoms with E-state index in [1.807, 2.05) is 32.0 Å². The van der Waals surface area contributed by atoms with Crippen molar-refractivity contribution in [2.24, 2.45) is 0 Å². The van der Waals surface area contributed by atoms with Crippen LogP contribution < -0.4 is 10.6 Å². The largest absolute Gasteiger partial charge is 0.383 e. The van der Waals surface area contributed by atoms with E-state index in [4.69, 9.17) is 0 Å². The minimum atomic E-state index is -0.237. The van der Waals surface area contributed by atoms with Gasteiger partial charge in [-0.15, -0.1) is 0 Å². The third-order valence-electron chi connectivity index (χ3n) is 4.38. The molecular formula is C22H22FN3O. The van der Waals surface area contributed by atoms with Crippen LogP contribution >= 0.6 is 0 Å². The topological polar surface area (TPSA) is 54.0 Å². The summed E-state index contributed by atoms with van der Waals surface area (Å²) < 4.78 is 12.9. The molecule has 1 aromatic heterocycles. The molecule has 2 aromatic carbocycles. The maximum Gasteiger partial charge on any atom is 0.257 e. The Hall–Kier alpha value is -3.21. The van der Waals surface area contributed by atoms with Crippen LogP contribution in [0.2, 0.25) is 0 Å². The highest BCUT2D eigenvalue weighted by Crippen LogP contribution is 2.20. The van der Waals surface area contributed by atoms with Crippen LogP contribution in [0.25, 0.3) is 0 Å². The molecular weight excluding hydrogens is 341 g/mol. The molecule has 0 unspecified atom stereocenters. The van der Waals surface area contributed by atoms with Gasteiger partial charge >= 0.3 is 0 Å². The maximum atomic E-state index is 12.9. The van der Waals surface area contributed by atoms with E-state index < -0.39 is 0 Å². The number of aromatic nitrogens is 1. The number of nitrogens with one attached hydrogen (secondary N) is 2. The zero-order valence-electron chi connectivity index (χ0n) is 15.4. The van der Waals surface area contributed by atoms with Crippen molar-refractivity contribution in [3.05, 3.63) is 89.0 Å². The SMILES string of the molecule is Cc1cccc(C)c1NC(=O)c1cncc(NCCc2ccc(F)cc2)c1. The van der Waals surface area contributed by atoms with Crippen molar-refractivity contribution < 1.29 is 9.18 Å². The summed E-state index contributed by atoms with van der Waals surface area (Å²) in [5.74, 6) is -0.430. The molecule has 27 heavy (non-hydrogen) atoms. The normalized spacial score (nSPS) is 10.5. The lowest BCUT2D eigenvalue weighted by Crippen LogP contribution is -2.15. The van der Waals surface area contributed by atoms with Crippen molar-refractivity contribution >= 4 is 17.3 Å². The van der Waals surface area contributed by atoms with Crippen molar-refractivity contribution in [2.45, 2.75) is 20.3 Å². The predicted molar refractivity (Wildman–Crippen MR) is 107 cm³/mol. The lowest BCUT2D eigenvalue weighted by Gasteiger charge is -2.12. The van der Waals surface area contributed by atoms with Gasteiger partial charge in [-0.1, -0.05) is 30.3 Å². The van der Waals surface area contributed by atoms with E-state index in [0.29, 0.717) is 12.1 Å². The first-order valence-corrected chi connectivity index (χ1v) is 8.84. The number of carbonyl (C=O) groups excluding carboxylic acids is 1. The Morgan fingerprint density at radius 1 is 1.04 bits per heavy atom. The molecule has 1 amide bonds. The lowest BCUT2D eigenvalue weighted by molar-refractivity contribution is 0.102. The van der Waals surface area contributed by atoms with E-state index in [0.717, 1.165) is 34.5 Å². The second-order valence-electron chi connectivity index (χ2n) is 6.49. The second kappa shape index (κ2) is 8.45.